The van der Waals surface area contributed by atoms with Crippen LogP contribution in [-0.2, 0) is 5.41 Å². The van der Waals surface area contributed by atoms with Gasteiger partial charge in [0, 0.05) is 38.6 Å². The molecule has 1 aliphatic carbocycles. The average Bonchev–Trinajstić information content (AvgIpc) is 3.53. The third-order valence-corrected chi connectivity index (χ3v) is 10.4. The molecule has 0 N–H and O–H groups in total. The summed E-state index contributed by atoms with van der Waals surface area (Å²) < 4.78 is 2.40. The summed E-state index contributed by atoms with van der Waals surface area (Å²) in [5.74, 6) is 2.05. The van der Waals surface area contributed by atoms with E-state index in [0.29, 0.717) is 17.5 Å². The molecule has 0 unspecified atom stereocenters. The van der Waals surface area contributed by atoms with Gasteiger partial charge in [-0.15, -0.1) is 0 Å². The van der Waals surface area contributed by atoms with Crippen molar-refractivity contribution in [1.82, 2.24) is 19.5 Å². The number of rotatable bonds is 6. The highest BCUT2D eigenvalue weighted by Gasteiger charge is 2.35. The van der Waals surface area contributed by atoms with Gasteiger partial charge in [0.1, 0.15) is 0 Å². The van der Waals surface area contributed by atoms with Gasteiger partial charge in [-0.1, -0.05) is 153 Å². The Balaban J connectivity index is 1.10. The molecular formula is C45H36N4. The second-order valence-electron chi connectivity index (χ2n) is 13.2. The molecule has 1 fully saturated rings. The van der Waals surface area contributed by atoms with Gasteiger partial charge >= 0.3 is 0 Å². The number of fused-ring (bicyclic) bond motifs is 3. The van der Waals surface area contributed by atoms with Gasteiger partial charge in [-0.25, -0.2) is 15.0 Å². The predicted octanol–water partition coefficient (Wildman–Crippen LogP) is 11.2. The lowest BCUT2D eigenvalue weighted by molar-refractivity contribution is 0.346. The van der Waals surface area contributed by atoms with Crippen LogP contribution in [0.3, 0.4) is 0 Å². The summed E-state index contributed by atoms with van der Waals surface area (Å²) in [5.41, 5.74) is 9.35. The Bertz CT molecular complexity index is 2280. The Morgan fingerprint density at radius 1 is 0.388 bits per heavy atom. The van der Waals surface area contributed by atoms with Crippen molar-refractivity contribution in [2.45, 2.75) is 37.5 Å². The Kier molecular flexibility index (Phi) is 7.35. The number of hydrogen-bond donors (Lipinski definition) is 0. The first kappa shape index (κ1) is 29.3. The lowest BCUT2D eigenvalue weighted by atomic mass is 9.65. The topological polar surface area (TPSA) is 43.6 Å². The molecule has 8 aromatic rings. The molecule has 1 saturated carbocycles. The van der Waals surface area contributed by atoms with E-state index in [4.69, 9.17) is 15.0 Å². The smallest absolute Gasteiger partial charge is 0.164 e. The summed E-state index contributed by atoms with van der Waals surface area (Å²) in [6, 6.07) is 56.2. The highest BCUT2D eigenvalue weighted by Crippen LogP contribution is 2.46. The maximum atomic E-state index is 4.97. The summed E-state index contributed by atoms with van der Waals surface area (Å²) in [5, 5.41) is 2.58. The predicted molar refractivity (Wildman–Crippen MR) is 201 cm³/mol. The highest BCUT2D eigenvalue weighted by atomic mass is 15.0. The van der Waals surface area contributed by atoms with Crippen LogP contribution < -0.4 is 0 Å². The number of benzene rings is 6. The zero-order valence-corrected chi connectivity index (χ0v) is 27.3. The van der Waals surface area contributed by atoms with Crippen molar-refractivity contribution in [2.24, 2.45) is 0 Å². The lowest BCUT2D eigenvalue weighted by Crippen LogP contribution is -2.30. The van der Waals surface area contributed by atoms with E-state index in [9.17, 15) is 0 Å². The van der Waals surface area contributed by atoms with E-state index in [1.165, 1.54) is 57.9 Å². The minimum absolute atomic E-state index is 0.0281. The van der Waals surface area contributed by atoms with Crippen molar-refractivity contribution in [3.63, 3.8) is 0 Å². The molecule has 4 nitrogen and oxygen atoms in total. The van der Waals surface area contributed by atoms with Gasteiger partial charge in [0.15, 0.2) is 17.5 Å². The normalized spacial score (nSPS) is 14.3. The van der Waals surface area contributed by atoms with E-state index in [2.05, 4.69) is 126 Å². The maximum Gasteiger partial charge on any atom is 0.164 e. The van der Waals surface area contributed by atoms with Crippen molar-refractivity contribution >= 4 is 21.8 Å². The zero-order chi connectivity index (χ0) is 32.6. The van der Waals surface area contributed by atoms with Gasteiger partial charge in [0.2, 0.25) is 0 Å². The van der Waals surface area contributed by atoms with Crippen molar-refractivity contribution < 1.29 is 0 Å². The van der Waals surface area contributed by atoms with E-state index < -0.39 is 0 Å². The van der Waals surface area contributed by atoms with Crippen LogP contribution in [-0.4, -0.2) is 19.5 Å². The second-order valence-corrected chi connectivity index (χ2v) is 13.2. The Labute approximate surface area is 286 Å². The number of nitrogens with zero attached hydrogens (tertiary/aromatic N) is 4. The SMILES string of the molecule is c1ccc(-c2nc(-c3ccccc3)nc(-c3ccc(C4(c5ccc(-n6c7ccccc7c7ccccc76)cc5)CCCCC4)cc3)n2)cc1. The molecule has 2 heterocycles. The van der Waals surface area contributed by atoms with Crippen molar-refractivity contribution in [2.75, 3.05) is 0 Å². The summed E-state index contributed by atoms with van der Waals surface area (Å²) in [7, 11) is 0. The van der Waals surface area contributed by atoms with Gasteiger partial charge in [-0.3, -0.25) is 0 Å². The minimum Gasteiger partial charge on any atom is -0.309 e. The monoisotopic (exact) mass is 632 g/mol. The molecule has 0 spiro atoms. The third-order valence-electron chi connectivity index (χ3n) is 10.4. The highest BCUT2D eigenvalue weighted by molar-refractivity contribution is 6.09. The summed E-state index contributed by atoms with van der Waals surface area (Å²) >= 11 is 0. The van der Waals surface area contributed by atoms with Crippen molar-refractivity contribution in [3.8, 4) is 39.9 Å². The summed E-state index contributed by atoms with van der Waals surface area (Å²) in [4.78, 5) is 14.8. The molecule has 0 atom stereocenters. The Morgan fingerprint density at radius 2 is 0.796 bits per heavy atom. The lowest BCUT2D eigenvalue weighted by Gasteiger charge is -2.39. The Morgan fingerprint density at radius 3 is 1.29 bits per heavy atom. The van der Waals surface area contributed by atoms with E-state index in [1.54, 1.807) is 0 Å². The van der Waals surface area contributed by atoms with E-state index in [1.807, 2.05) is 36.4 Å². The van der Waals surface area contributed by atoms with Crippen LogP contribution in [0.25, 0.3) is 61.7 Å². The van der Waals surface area contributed by atoms with Crippen LogP contribution >= 0.6 is 0 Å². The van der Waals surface area contributed by atoms with Crippen LogP contribution in [0.15, 0.2) is 158 Å². The first-order valence-corrected chi connectivity index (χ1v) is 17.3. The molecule has 0 amide bonds. The molecular weight excluding hydrogens is 597 g/mol. The molecule has 2 aromatic heterocycles. The van der Waals surface area contributed by atoms with Gasteiger partial charge in [-0.05, 0) is 48.2 Å². The van der Waals surface area contributed by atoms with Crippen LogP contribution in [0.5, 0.6) is 0 Å². The zero-order valence-electron chi connectivity index (χ0n) is 27.3. The fourth-order valence-corrected chi connectivity index (χ4v) is 7.91. The van der Waals surface area contributed by atoms with Gasteiger partial charge < -0.3 is 4.57 Å². The first-order valence-electron chi connectivity index (χ1n) is 17.3. The Hall–Kier alpha value is -5.87. The van der Waals surface area contributed by atoms with Crippen LogP contribution in [0.1, 0.15) is 43.2 Å². The molecule has 9 rings (SSSR count). The van der Waals surface area contributed by atoms with Gasteiger partial charge in [0.05, 0.1) is 11.0 Å². The minimum atomic E-state index is -0.0281. The molecule has 6 aromatic carbocycles. The number of hydrogen-bond acceptors (Lipinski definition) is 3. The first-order chi connectivity index (χ1) is 24.3. The van der Waals surface area contributed by atoms with Gasteiger partial charge in [0.25, 0.3) is 0 Å². The molecule has 236 valence electrons. The van der Waals surface area contributed by atoms with E-state index in [-0.39, 0.29) is 5.41 Å². The van der Waals surface area contributed by atoms with Gasteiger partial charge in [-0.2, -0.15) is 0 Å². The molecule has 0 saturated heterocycles. The van der Waals surface area contributed by atoms with E-state index >= 15 is 0 Å². The largest absolute Gasteiger partial charge is 0.309 e. The number of para-hydroxylation sites is 2. The van der Waals surface area contributed by atoms with Crippen molar-refractivity contribution in [3.05, 3.63) is 169 Å². The van der Waals surface area contributed by atoms with Crippen LogP contribution in [0.2, 0.25) is 0 Å². The summed E-state index contributed by atoms with van der Waals surface area (Å²) in [6.07, 6.45) is 6.02. The second kappa shape index (κ2) is 12.3. The van der Waals surface area contributed by atoms with Crippen LogP contribution in [0, 0.1) is 0 Å². The quantitative estimate of drug-likeness (QED) is 0.183. The molecule has 0 aliphatic heterocycles. The van der Waals surface area contributed by atoms with Crippen LogP contribution in [0.4, 0.5) is 0 Å². The fraction of sp³-hybridized carbons (Fsp3) is 0.133. The molecule has 1 aliphatic rings. The third kappa shape index (κ3) is 5.21. The fourth-order valence-electron chi connectivity index (χ4n) is 7.91. The van der Waals surface area contributed by atoms with Crippen molar-refractivity contribution in [1.29, 1.82) is 0 Å². The maximum absolute atomic E-state index is 4.97. The number of aromatic nitrogens is 4. The summed E-state index contributed by atoms with van der Waals surface area (Å²) in [6.45, 7) is 0. The molecule has 49 heavy (non-hydrogen) atoms. The van der Waals surface area contributed by atoms with E-state index in [0.717, 1.165) is 29.5 Å². The molecule has 0 bridgehead atoms. The molecule has 4 heteroatoms. The molecule has 0 radical (unpaired) electrons. The average molecular weight is 633 g/mol. The standard InChI is InChI=1S/C45H36N4/c1-4-14-32(15-5-1)42-46-43(33-16-6-2-7-17-33)48-44(47-42)34-22-24-35(25-23-34)45(30-12-3-13-31-45)36-26-28-37(29-27-36)49-40-20-10-8-18-38(40)39-19-9-11-21-41(39)49/h1-2,4-11,14-29H,3,12-13,30-31H2.